The summed E-state index contributed by atoms with van der Waals surface area (Å²) in [5.74, 6) is -0.615. The van der Waals surface area contributed by atoms with Gasteiger partial charge in [-0.2, -0.15) is 0 Å². The van der Waals surface area contributed by atoms with Gasteiger partial charge in [0.1, 0.15) is 11.4 Å². The molecule has 156 valence electrons. The first-order valence-corrected chi connectivity index (χ1v) is 10.3. The molecule has 1 aromatic carbocycles. The Labute approximate surface area is 173 Å². The molecule has 0 radical (unpaired) electrons. The molecule has 0 bridgehead atoms. The standard InChI is InChI=1S/C20H24ClFN4O3/c21-15-2-1-3-16(22)14(15)12-25-8-10-26(11-9-25)17(27)13-4-6-20(7-5-13)18(28)23-19(29)24-20/h1-3,13H,4-12H2,(H2,23,24,28,29). The predicted octanol–water partition coefficient (Wildman–Crippen LogP) is 1.89. The fraction of sp³-hybridized carbons (Fsp3) is 0.550. The van der Waals surface area contributed by atoms with Crippen molar-refractivity contribution < 1.29 is 18.8 Å². The summed E-state index contributed by atoms with van der Waals surface area (Å²) < 4.78 is 14.0. The Bertz CT molecular complexity index is 813. The van der Waals surface area contributed by atoms with Crippen LogP contribution in [0, 0.1) is 11.7 Å². The molecule has 7 nitrogen and oxygen atoms in total. The number of urea groups is 1. The zero-order chi connectivity index (χ0) is 20.6. The third-order valence-corrected chi connectivity index (χ3v) is 6.68. The maximum absolute atomic E-state index is 14.0. The van der Waals surface area contributed by atoms with Crippen molar-refractivity contribution in [3.05, 3.63) is 34.6 Å². The summed E-state index contributed by atoms with van der Waals surface area (Å²) >= 11 is 6.11. The number of rotatable bonds is 3. The molecule has 1 aliphatic carbocycles. The summed E-state index contributed by atoms with van der Waals surface area (Å²) in [6.45, 7) is 2.92. The van der Waals surface area contributed by atoms with Crippen molar-refractivity contribution in [2.75, 3.05) is 26.2 Å². The number of nitrogens with zero attached hydrogens (tertiary/aromatic N) is 2. The second kappa shape index (κ2) is 7.91. The van der Waals surface area contributed by atoms with Gasteiger partial charge in [-0.05, 0) is 37.8 Å². The van der Waals surface area contributed by atoms with E-state index in [9.17, 15) is 18.8 Å². The van der Waals surface area contributed by atoms with E-state index in [4.69, 9.17) is 11.6 Å². The van der Waals surface area contributed by atoms with E-state index in [0.29, 0.717) is 69.0 Å². The fourth-order valence-electron chi connectivity index (χ4n) is 4.53. The molecule has 29 heavy (non-hydrogen) atoms. The van der Waals surface area contributed by atoms with Crippen molar-refractivity contribution in [1.82, 2.24) is 20.4 Å². The van der Waals surface area contributed by atoms with Gasteiger partial charge in [-0.25, -0.2) is 9.18 Å². The van der Waals surface area contributed by atoms with Gasteiger partial charge in [0.2, 0.25) is 5.91 Å². The van der Waals surface area contributed by atoms with Crippen LogP contribution in [-0.4, -0.2) is 59.4 Å². The molecular formula is C20H24ClFN4O3. The predicted molar refractivity (Wildman–Crippen MR) is 105 cm³/mol. The van der Waals surface area contributed by atoms with Crippen LogP contribution in [0.2, 0.25) is 5.02 Å². The third-order valence-electron chi connectivity index (χ3n) is 6.33. The highest BCUT2D eigenvalue weighted by molar-refractivity contribution is 6.31. The molecule has 1 saturated carbocycles. The van der Waals surface area contributed by atoms with Crippen molar-refractivity contribution in [1.29, 1.82) is 0 Å². The van der Waals surface area contributed by atoms with E-state index in [0.717, 1.165) is 0 Å². The zero-order valence-corrected chi connectivity index (χ0v) is 16.8. The van der Waals surface area contributed by atoms with E-state index in [1.54, 1.807) is 12.1 Å². The normalized spacial score (nSPS) is 27.8. The zero-order valence-electron chi connectivity index (χ0n) is 16.0. The van der Waals surface area contributed by atoms with Crippen LogP contribution in [0.1, 0.15) is 31.2 Å². The molecule has 2 heterocycles. The van der Waals surface area contributed by atoms with Crippen LogP contribution in [-0.2, 0) is 16.1 Å². The number of amides is 4. The lowest BCUT2D eigenvalue weighted by Crippen LogP contribution is -2.53. The molecule has 2 N–H and O–H groups in total. The van der Waals surface area contributed by atoms with E-state index in [2.05, 4.69) is 15.5 Å². The van der Waals surface area contributed by atoms with E-state index >= 15 is 0 Å². The monoisotopic (exact) mass is 422 g/mol. The average Bonchev–Trinajstić information content (AvgIpc) is 2.98. The number of hydrogen-bond donors (Lipinski definition) is 2. The Hall–Kier alpha value is -2.19. The van der Waals surface area contributed by atoms with Gasteiger partial charge in [0, 0.05) is 49.2 Å². The second-order valence-electron chi connectivity index (χ2n) is 8.07. The smallest absolute Gasteiger partial charge is 0.322 e. The fourth-order valence-corrected chi connectivity index (χ4v) is 4.75. The molecule has 9 heteroatoms. The number of nitrogens with one attached hydrogen (secondary N) is 2. The van der Waals surface area contributed by atoms with Crippen molar-refractivity contribution >= 4 is 29.4 Å². The van der Waals surface area contributed by atoms with Crippen molar-refractivity contribution in [2.45, 2.75) is 37.8 Å². The number of piperazine rings is 1. The number of hydrogen-bond acceptors (Lipinski definition) is 4. The Balaban J connectivity index is 1.29. The molecule has 2 aliphatic heterocycles. The molecule has 1 aromatic rings. The maximum Gasteiger partial charge on any atom is 0.322 e. The average molecular weight is 423 g/mol. The van der Waals surface area contributed by atoms with E-state index < -0.39 is 11.6 Å². The molecular weight excluding hydrogens is 399 g/mol. The topological polar surface area (TPSA) is 81.8 Å². The molecule has 3 fully saturated rings. The Morgan fingerprint density at radius 2 is 1.86 bits per heavy atom. The highest BCUT2D eigenvalue weighted by atomic mass is 35.5. The number of benzene rings is 1. The van der Waals surface area contributed by atoms with E-state index in [1.165, 1.54) is 6.07 Å². The maximum atomic E-state index is 14.0. The van der Waals surface area contributed by atoms with Crippen molar-refractivity contribution in [3.8, 4) is 0 Å². The van der Waals surface area contributed by atoms with Crippen LogP contribution >= 0.6 is 11.6 Å². The lowest BCUT2D eigenvalue weighted by Gasteiger charge is -2.39. The first-order chi connectivity index (χ1) is 13.9. The van der Waals surface area contributed by atoms with E-state index in [1.807, 2.05) is 4.90 Å². The summed E-state index contributed by atoms with van der Waals surface area (Å²) in [7, 11) is 0. The molecule has 0 atom stereocenters. The largest absolute Gasteiger partial charge is 0.340 e. The van der Waals surface area contributed by atoms with Crippen LogP contribution in [0.5, 0.6) is 0 Å². The van der Waals surface area contributed by atoms with Crippen molar-refractivity contribution in [2.24, 2.45) is 5.92 Å². The molecule has 0 unspecified atom stereocenters. The molecule has 4 rings (SSSR count). The number of carbonyl (C=O) groups excluding carboxylic acids is 3. The molecule has 2 saturated heterocycles. The SMILES string of the molecule is O=C1NC(=O)C2(CCC(C(=O)N3CCN(Cc4c(F)cccc4Cl)CC3)CC2)N1. The Morgan fingerprint density at radius 3 is 2.45 bits per heavy atom. The van der Waals surface area contributed by atoms with Gasteiger partial charge < -0.3 is 10.2 Å². The van der Waals surface area contributed by atoms with Gasteiger partial charge in [-0.3, -0.25) is 19.8 Å². The van der Waals surface area contributed by atoms with Crippen molar-refractivity contribution in [3.63, 3.8) is 0 Å². The van der Waals surface area contributed by atoms with Crippen LogP contribution in [0.3, 0.4) is 0 Å². The highest BCUT2D eigenvalue weighted by Gasteiger charge is 2.49. The van der Waals surface area contributed by atoms with Gasteiger partial charge in [0.05, 0.1) is 0 Å². The summed E-state index contributed by atoms with van der Waals surface area (Å²) in [6, 6.07) is 4.23. The summed E-state index contributed by atoms with van der Waals surface area (Å²) in [4.78, 5) is 40.4. The van der Waals surface area contributed by atoms with Crippen LogP contribution in [0.4, 0.5) is 9.18 Å². The summed E-state index contributed by atoms with van der Waals surface area (Å²) in [5.41, 5.74) is -0.352. The Kier molecular flexibility index (Phi) is 5.48. The third kappa shape index (κ3) is 3.96. The van der Waals surface area contributed by atoms with E-state index in [-0.39, 0.29) is 23.5 Å². The van der Waals surface area contributed by atoms with Crippen LogP contribution in [0.15, 0.2) is 18.2 Å². The van der Waals surface area contributed by atoms with Gasteiger partial charge in [0.25, 0.3) is 5.91 Å². The quantitative estimate of drug-likeness (QED) is 0.729. The first-order valence-electron chi connectivity index (χ1n) is 9.95. The molecule has 1 spiro atoms. The highest BCUT2D eigenvalue weighted by Crippen LogP contribution is 2.35. The summed E-state index contributed by atoms with van der Waals surface area (Å²) in [6.07, 6.45) is 2.12. The minimum Gasteiger partial charge on any atom is -0.340 e. The number of imide groups is 1. The van der Waals surface area contributed by atoms with Crippen LogP contribution < -0.4 is 10.6 Å². The van der Waals surface area contributed by atoms with Gasteiger partial charge in [0.15, 0.2) is 0 Å². The molecule has 4 amide bonds. The summed E-state index contributed by atoms with van der Waals surface area (Å²) in [5, 5.41) is 5.43. The second-order valence-corrected chi connectivity index (χ2v) is 8.47. The number of halogens is 2. The molecule has 3 aliphatic rings. The minimum absolute atomic E-state index is 0.105. The first kappa shape index (κ1) is 20.1. The van der Waals surface area contributed by atoms with Crippen LogP contribution in [0.25, 0.3) is 0 Å². The number of carbonyl (C=O) groups is 3. The van der Waals surface area contributed by atoms with Gasteiger partial charge in [-0.15, -0.1) is 0 Å². The molecule has 0 aromatic heterocycles. The van der Waals surface area contributed by atoms with Gasteiger partial charge >= 0.3 is 6.03 Å². The lowest BCUT2D eigenvalue weighted by molar-refractivity contribution is -0.140. The van der Waals surface area contributed by atoms with Gasteiger partial charge in [-0.1, -0.05) is 17.7 Å². The Morgan fingerprint density at radius 1 is 1.17 bits per heavy atom. The lowest BCUT2D eigenvalue weighted by atomic mass is 9.76. The minimum atomic E-state index is -0.842.